The predicted octanol–water partition coefficient (Wildman–Crippen LogP) is 0.776. The van der Waals surface area contributed by atoms with Crippen molar-refractivity contribution in [3.63, 3.8) is 0 Å². The Labute approximate surface area is 108 Å². The lowest BCUT2D eigenvalue weighted by atomic mass is 10.2. The molecule has 0 aromatic carbocycles. The molecular weight excluding hydrogens is 228 g/mol. The second-order valence-electron chi connectivity index (χ2n) is 5.07. The van der Waals surface area contributed by atoms with Crippen LogP contribution in [0, 0.1) is 0 Å². The number of hydrogen-bond donors (Lipinski definition) is 0. The van der Waals surface area contributed by atoms with Gasteiger partial charge in [-0.25, -0.2) is 9.97 Å². The summed E-state index contributed by atoms with van der Waals surface area (Å²) < 4.78 is 5.20. The van der Waals surface area contributed by atoms with Crippen molar-refractivity contribution in [1.29, 1.82) is 0 Å². The fraction of sp³-hybridized carbons (Fsp3) is 0.692. The Hall–Kier alpha value is -1.20. The van der Waals surface area contributed by atoms with Crippen LogP contribution >= 0.6 is 0 Å². The van der Waals surface area contributed by atoms with Gasteiger partial charge < -0.3 is 9.64 Å². The van der Waals surface area contributed by atoms with E-state index in [4.69, 9.17) is 4.74 Å². The van der Waals surface area contributed by atoms with Crippen LogP contribution in [0.15, 0.2) is 18.5 Å². The first-order valence-corrected chi connectivity index (χ1v) is 6.65. The summed E-state index contributed by atoms with van der Waals surface area (Å²) in [5.74, 6) is 0.876. The molecule has 3 rings (SSSR count). The largest absolute Gasteiger partial charge is 0.383 e. The standard InChI is InChI=1S/C13H20N4O/c1-18-8-7-17-11-3-4-12(17)10-16(9-11)13-14-5-2-6-15-13/h2,5-6,11-12H,3-4,7-10H2,1H3. The summed E-state index contributed by atoms with van der Waals surface area (Å²) in [6.07, 6.45) is 6.22. The fourth-order valence-electron chi connectivity index (χ4n) is 3.17. The Morgan fingerprint density at radius 2 is 1.89 bits per heavy atom. The van der Waals surface area contributed by atoms with Crippen LogP contribution in [0.2, 0.25) is 0 Å². The summed E-state index contributed by atoms with van der Waals surface area (Å²) in [7, 11) is 1.77. The van der Waals surface area contributed by atoms with E-state index in [1.807, 2.05) is 18.5 Å². The Morgan fingerprint density at radius 1 is 1.22 bits per heavy atom. The van der Waals surface area contributed by atoms with Crippen molar-refractivity contribution in [2.75, 3.05) is 38.3 Å². The maximum Gasteiger partial charge on any atom is 0.225 e. The van der Waals surface area contributed by atoms with Crippen LogP contribution in [0.1, 0.15) is 12.8 Å². The van der Waals surface area contributed by atoms with Gasteiger partial charge in [0.05, 0.1) is 6.61 Å². The van der Waals surface area contributed by atoms with Gasteiger partial charge in [-0.3, -0.25) is 4.90 Å². The third-order valence-electron chi connectivity index (χ3n) is 4.02. The van der Waals surface area contributed by atoms with Crippen molar-refractivity contribution in [2.24, 2.45) is 0 Å². The minimum absolute atomic E-state index is 0.641. The van der Waals surface area contributed by atoms with Gasteiger partial charge in [0.1, 0.15) is 0 Å². The van der Waals surface area contributed by atoms with Crippen molar-refractivity contribution in [3.8, 4) is 0 Å². The monoisotopic (exact) mass is 248 g/mol. The number of methoxy groups -OCH3 is 1. The van der Waals surface area contributed by atoms with Gasteiger partial charge in [0.15, 0.2) is 0 Å². The van der Waals surface area contributed by atoms with Crippen LogP contribution in [0.5, 0.6) is 0 Å². The van der Waals surface area contributed by atoms with E-state index in [0.717, 1.165) is 32.2 Å². The summed E-state index contributed by atoms with van der Waals surface area (Å²) in [5.41, 5.74) is 0. The molecule has 1 aromatic heterocycles. The molecule has 2 aliphatic heterocycles. The maximum atomic E-state index is 5.20. The van der Waals surface area contributed by atoms with E-state index in [2.05, 4.69) is 19.8 Å². The van der Waals surface area contributed by atoms with Crippen molar-refractivity contribution < 1.29 is 4.74 Å². The lowest BCUT2D eigenvalue weighted by molar-refractivity contribution is 0.106. The highest BCUT2D eigenvalue weighted by Gasteiger charge is 2.40. The molecule has 2 fully saturated rings. The molecule has 5 heteroatoms. The summed E-state index contributed by atoms with van der Waals surface area (Å²) >= 11 is 0. The lowest BCUT2D eigenvalue weighted by Crippen LogP contribution is -2.54. The molecule has 0 amide bonds. The first kappa shape index (κ1) is 11.9. The Kier molecular flexibility index (Phi) is 3.43. The van der Waals surface area contributed by atoms with E-state index in [1.165, 1.54) is 12.8 Å². The Bertz CT molecular complexity index is 372. The molecule has 0 aliphatic carbocycles. The smallest absolute Gasteiger partial charge is 0.225 e. The molecule has 1 aromatic rings. The molecule has 2 bridgehead atoms. The third kappa shape index (κ3) is 2.20. The highest BCUT2D eigenvalue weighted by atomic mass is 16.5. The Balaban J connectivity index is 1.68. The first-order valence-electron chi connectivity index (χ1n) is 6.65. The summed E-state index contributed by atoms with van der Waals surface area (Å²) in [6, 6.07) is 3.15. The number of aromatic nitrogens is 2. The second kappa shape index (κ2) is 5.20. The molecule has 0 radical (unpaired) electrons. The number of anilines is 1. The van der Waals surface area contributed by atoms with Gasteiger partial charge in [0, 0.05) is 51.2 Å². The molecule has 3 heterocycles. The average molecular weight is 248 g/mol. The van der Waals surface area contributed by atoms with E-state index < -0.39 is 0 Å². The summed E-state index contributed by atoms with van der Waals surface area (Å²) in [6.45, 7) is 3.97. The average Bonchev–Trinajstić information content (AvgIpc) is 2.66. The molecule has 5 nitrogen and oxygen atoms in total. The number of rotatable bonds is 4. The van der Waals surface area contributed by atoms with Gasteiger partial charge in [0.25, 0.3) is 0 Å². The van der Waals surface area contributed by atoms with E-state index in [0.29, 0.717) is 12.1 Å². The van der Waals surface area contributed by atoms with Gasteiger partial charge in [-0.2, -0.15) is 0 Å². The zero-order valence-corrected chi connectivity index (χ0v) is 10.8. The van der Waals surface area contributed by atoms with E-state index in [9.17, 15) is 0 Å². The van der Waals surface area contributed by atoms with E-state index >= 15 is 0 Å². The third-order valence-corrected chi connectivity index (χ3v) is 4.02. The van der Waals surface area contributed by atoms with Crippen LogP contribution in [0.4, 0.5) is 5.95 Å². The van der Waals surface area contributed by atoms with Gasteiger partial charge in [-0.15, -0.1) is 0 Å². The van der Waals surface area contributed by atoms with Gasteiger partial charge in [-0.1, -0.05) is 0 Å². The highest BCUT2D eigenvalue weighted by molar-refractivity contribution is 5.31. The normalized spacial score (nSPS) is 27.7. The van der Waals surface area contributed by atoms with Crippen molar-refractivity contribution in [1.82, 2.24) is 14.9 Å². The van der Waals surface area contributed by atoms with Gasteiger partial charge in [0.2, 0.25) is 5.95 Å². The number of hydrogen-bond acceptors (Lipinski definition) is 5. The SMILES string of the molecule is COCCN1C2CCC1CN(c1ncccn1)C2. The highest BCUT2D eigenvalue weighted by Crippen LogP contribution is 2.30. The van der Waals surface area contributed by atoms with E-state index in [-0.39, 0.29) is 0 Å². The van der Waals surface area contributed by atoms with Crippen molar-refractivity contribution in [2.45, 2.75) is 24.9 Å². The van der Waals surface area contributed by atoms with Crippen LogP contribution in [0.3, 0.4) is 0 Å². The number of fused-ring (bicyclic) bond motifs is 2. The summed E-state index contributed by atoms with van der Waals surface area (Å²) in [4.78, 5) is 13.6. The summed E-state index contributed by atoms with van der Waals surface area (Å²) in [5, 5.41) is 0. The maximum absolute atomic E-state index is 5.20. The van der Waals surface area contributed by atoms with Crippen molar-refractivity contribution >= 4 is 5.95 Å². The second-order valence-corrected chi connectivity index (χ2v) is 5.07. The number of ether oxygens (including phenoxy) is 1. The van der Waals surface area contributed by atoms with Crippen molar-refractivity contribution in [3.05, 3.63) is 18.5 Å². The molecular formula is C13H20N4O. The van der Waals surface area contributed by atoms with Gasteiger partial charge in [-0.05, 0) is 18.9 Å². The van der Waals surface area contributed by atoms with Crippen LogP contribution < -0.4 is 4.90 Å². The molecule has 2 aliphatic rings. The number of piperazine rings is 1. The molecule has 18 heavy (non-hydrogen) atoms. The van der Waals surface area contributed by atoms with Crippen LogP contribution in [-0.2, 0) is 4.74 Å². The molecule has 2 saturated heterocycles. The predicted molar refractivity (Wildman–Crippen MR) is 69.6 cm³/mol. The quantitative estimate of drug-likeness (QED) is 0.787. The zero-order chi connectivity index (χ0) is 12.4. The molecule has 0 saturated carbocycles. The van der Waals surface area contributed by atoms with Crippen LogP contribution in [-0.4, -0.2) is 60.3 Å². The first-order chi connectivity index (χ1) is 8.88. The Morgan fingerprint density at radius 3 is 2.50 bits per heavy atom. The topological polar surface area (TPSA) is 41.5 Å². The molecule has 0 spiro atoms. The molecule has 0 N–H and O–H groups in total. The molecule has 2 atom stereocenters. The molecule has 2 unspecified atom stereocenters. The number of nitrogens with zero attached hydrogens (tertiary/aromatic N) is 4. The molecule has 98 valence electrons. The minimum Gasteiger partial charge on any atom is -0.383 e. The lowest BCUT2D eigenvalue weighted by Gasteiger charge is -2.40. The minimum atomic E-state index is 0.641. The fourth-order valence-corrected chi connectivity index (χ4v) is 3.17. The van der Waals surface area contributed by atoms with Crippen LogP contribution in [0.25, 0.3) is 0 Å². The van der Waals surface area contributed by atoms with Gasteiger partial charge >= 0.3 is 0 Å². The van der Waals surface area contributed by atoms with E-state index in [1.54, 1.807) is 7.11 Å². The zero-order valence-electron chi connectivity index (χ0n) is 10.8.